The number of benzene rings is 2. The van der Waals surface area contributed by atoms with Crippen molar-refractivity contribution in [3.05, 3.63) is 51.1 Å². The van der Waals surface area contributed by atoms with Crippen molar-refractivity contribution in [2.24, 2.45) is 0 Å². The van der Waals surface area contributed by atoms with Gasteiger partial charge in [0.05, 0.1) is 5.69 Å². The summed E-state index contributed by atoms with van der Waals surface area (Å²) in [5.74, 6) is 1.52. The second-order valence-corrected chi connectivity index (χ2v) is 5.28. The Morgan fingerprint density at radius 1 is 1.00 bits per heavy atom. The van der Waals surface area contributed by atoms with Crippen molar-refractivity contribution in [2.45, 2.75) is 13.8 Å². The fourth-order valence-corrected chi connectivity index (χ4v) is 2.03. The van der Waals surface area contributed by atoms with Crippen LogP contribution in [0, 0.1) is 17.4 Å². The highest BCUT2D eigenvalue weighted by Gasteiger charge is 2.03. The minimum Gasteiger partial charge on any atom is -0.455 e. The zero-order valence-corrected chi connectivity index (χ0v) is 12.0. The van der Waals surface area contributed by atoms with E-state index in [1.165, 1.54) is 11.1 Å². The van der Waals surface area contributed by atoms with Crippen molar-refractivity contribution >= 4 is 28.3 Å². The van der Waals surface area contributed by atoms with Gasteiger partial charge in [0, 0.05) is 3.57 Å². The van der Waals surface area contributed by atoms with Crippen LogP contribution >= 0.6 is 22.6 Å². The van der Waals surface area contributed by atoms with Gasteiger partial charge in [0.2, 0.25) is 0 Å². The van der Waals surface area contributed by atoms with E-state index in [0.29, 0.717) is 11.4 Å². The van der Waals surface area contributed by atoms with E-state index in [1.807, 2.05) is 36.4 Å². The van der Waals surface area contributed by atoms with Gasteiger partial charge in [-0.25, -0.2) is 0 Å². The average Bonchev–Trinajstić information content (AvgIpc) is 2.27. The molecular formula is C14H14INO. The van der Waals surface area contributed by atoms with Crippen molar-refractivity contribution < 1.29 is 4.74 Å². The first-order valence-electron chi connectivity index (χ1n) is 5.36. The Morgan fingerprint density at radius 2 is 1.76 bits per heavy atom. The van der Waals surface area contributed by atoms with Gasteiger partial charge >= 0.3 is 0 Å². The van der Waals surface area contributed by atoms with Crippen molar-refractivity contribution in [1.29, 1.82) is 0 Å². The molecular weight excluding hydrogens is 325 g/mol. The van der Waals surface area contributed by atoms with Gasteiger partial charge in [0.15, 0.2) is 0 Å². The molecule has 0 aliphatic rings. The van der Waals surface area contributed by atoms with E-state index in [0.717, 1.165) is 9.32 Å². The second-order valence-electron chi connectivity index (χ2n) is 4.03. The van der Waals surface area contributed by atoms with E-state index in [9.17, 15) is 0 Å². The van der Waals surface area contributed by atoms with Gasteiger partial charge in [0.1, 0.15) is 11.5 Å². The number of halogens is 1. The van der Waals surface area contributed by atoms with E-state index >= 15 is 0 Å². The molecule has 2 aromatic rings. The number of hydrogen-bond donors (Lipinski definition) is 1. The Bertz CT molecular complexity index is 552. The van der Waals surface area contributed by atoms with Gasteiger partial charge in [-0.2, -0.15) is 0 Å². The zero-order chi connectivity index (χ0) is 12.4. The molecule has 0 fully saturated rings. The van der Waals surface area contributed by atoms with Gasteiger partial charge in [-0.1, -0.05) is 6.07 Å². The van der Waals surface area contributed by atoms with Crippen LogP contribution in [0.4, 0.5) is 5.69 Å². The smallest absolute Gasteiger partial charge is 0.150 e. The van der Waals surface area contributed by atoms with E-state index < -0.39 is 0 Å². The summed E-state index contributed by atoms with van der Waals surface area (Å²) in [7, 11) is 0. The number of rotatable bonds is 2. The molecule has 0 atom stereocenters. The summed E-state index contributed by atoms with van der Waals surface area (Å²) in [6.45, 7) is 4.15. The van der Waals surface area contributed by atoms with Crippen molar-refractivity contribution in [3.8, 4) is 11.5 Å². The lowest BCUT2D eigenvalue weighted by Crippen LogP contribution is -1.93. The number of anilines is 1. The predicted octanol–water partition coefficient (Wildman–Crippen LogP) is 4.28. The van der Waals surface area contributed by atoms with Gasteiger partial charge < -0.3 is 10.5 Å². The number of nitrogens with two attached hydrogens (primary N) is 1. The van der Waals surface area contributed by atoms with Crippen LogP contribution in [0.25, 0.3) is 0 Å². The molecule has 2 N–H and O–H groups in total. The molecule has 0 unspecified atom stereocenters. The first-order chi connectivity index (χ1) is 8.06. The zero-order valence-electron chi connectivity index (χ0n) is 9.83. The second kappa shape index (κ2) is 4.96. The topological polar surface area (TPSA) is 35.2 Å². The van der Waals surface area contributed by atoms with Crippen LogP contribution in [0.5, 0.6) is 11.5 Å². The molecule has 0 amide bonds. The third-order valence-corrected chi connectivity index (χ3v) is 3.35. The molecule has 0 heterocycles. The van der Waals surface area contributed by atoms with Crippen LogP contribution in [0.1, 0.15) is 11.1 Å². The maximum atomic E-state index is 5.91. The molecule has 2 nitrogen and oxygen atoms in total. The summed E-state index contributed by atoms with van der Waals surface area (Å²) < 4.78 is 6.88. The summed E-state index contributed by atoms with van der Waals surface area (Å²) in [5.41, 5.74) is 9.04. The lowest BCUT2D eigenvalue weighted by atomic mass is 10.1. The molecule has 0 aromatic heterocycles. The average molecular weight is 339 g/mol. The van der Waals surface area contributed by atoms with Gasteiger partial charge in [-0.3, -0.25) is 0 Å². The highest BCUT2D eigenvalue weighted by Crippen LogP contribution is 2.29. The molecule has 0 aliphatic carbocycles. The molecule has 3 heteroatoms. The Hall–Kier alpha value is -1.23. The van der Waals surface area contributed by atoms with Crippen LogP contribution in [0.2, 0.25) is 0 Å². The minimum atomic E-state index is 0.662. The van der Waals surface area contributed by atoms with Gasteiger partial charge in [-0.05, 0) is 77.9 Å². The third kappa shape index (κ3) is 2.91. The molecule has 0 radical (unpaired) electrons. The summed E-state index contributed by atoms with van der Waals surface area (Å²) in [5, 5.41) is 0. The molecule has 0 saturated carbocycles. The van der Waals surface area contributed by atoms with E-state index in [2.05, 4.69) is 36.4 Å². The fourth-order valence-electron chi connectivity index (χ4n) is 1.52. The summed E-state index contributed by atoms with van der Waals surface area (Å²) in [6.07, 6.45) is 0. The highest BCUT2D eigenvalue weighted by molar-refractivity contribution is 14.1. The standard InChI is InChI=1S/C14H14INO/c1-9-3-5-12(7-10(9)2)17-14-6-4-11(15)8-13(14)16/h3-8H,16H2,1-2H3. The molecule has 17 heavy (non-hydrogen) atoms. The summed E-state index contributed by atoms with van der Waals surface area (Å²) >= 11 is 2.23. The quantitative estimate of drug-likeness (QED) is 0.655. The molecule has 0 saturated heterocycles. The molecule has 0 bridgehead atoms. The largest absolute Gasteiger partial charge is 0.455 e. The SMILES string of the molecule is Cc1ccc(Oc2ccc(I)cc2N)cc1C. The third-order valence-electron chi connectivity index (χ3n) is 2.68. The Kier molecular flexibility index (Phi) is 3.57. The lowest BCUT2D eigenvalue weighted by Gasteiger charge is -2.10. The number of nitrogen functional groups attached to an aromatic ring is 1. The van der Waals surface area contributed by atoms with Crippen LogP contribution in [0.3, 0.4) is 0 Å². The highest BCUT2D eigenvalue weighted by atomic mass is 127. The van der Waals surface area contributed by atoms with Crippen LogP contribution in [0.15, 0.2) is 36.4 Å². The summed E-state index contributed by atoms with van der Waals surface area (Å²) in [4.78, 5) is 0. The first-order valence-corrected chi connectivity index (χ1v) is 6.44. The van der Waals surface area contributed by atoms with E-state index in [-0.39, 0.29) is 0 Å². The maximum Gasteiger partial charge on any atom is 0.150 e. The molecule has 0 spiro atoms. The normalized spacial score (nSPS) is 10.3. The predicted molar refractivity (Wildman–Crippen MR) is 79.6 cm³/mol. The Balaban J connectivity index is 2.28. The van der Waals surface area contributed by atoms with Gasteiger partial charge in [-0.15, -0.1) is 0 Å². The van der Waals surface area contributed by atoms with E-state index in [1.54, 1.807) is 0 Å². The molecule has 2 aromatic carbocycles. The number of hydrogen-bond acceptors (Lipinski definition) is 2. The number of aryl methyl sites for hydroxylation is 2. The maximum absolute atomic E-state index is 5.91. The minimum absolute atomic E-state index is 0.662. The number of ether oxygens (including phenoxy) is 1. The Morgan fingerprint density at radius 3 is 2.41 bits per heavy atom. The Labute approximate surface area is 115 Å². The van der Waals surface area contributed by atoms with Gasteiger partial charge in [0.25, 0.3) is 0 Å². The van der Waals surface area contributed by atoms with Crippen LogP contribution < -0.4 is 10.5 Å². The lowest BCUT2D eigenvalue weighted by molar-refractivity contribution is 0.484. The summed E-state index contributed by atoms with van der Waals surface area (Å²) in [6, 6.07) is 11.8. The van der Waals surface area contributed by atoms with Crippen LogP contribution in [-0.2, 0) is 0 Å². The molecule has 88 valence electrons. The van der Waals surface area contributed by atoms with Crippen molar-refractivity contribution in [3.63, 3.8) is 0 Å². The first kappa shape index (κ1) is 12.2. The monoisotopic (exact) mass is 339 g/mol. The fraction of sp³-hybridized carbons (Fsp3) is 0.143. The van der Waals surface area contributed by atoms with Crippen LogP contribution in [-0.4, -0.2) is 0 Å². The molecule has 0 aliphatic heterocycles. The van der Waals surface area contributed by atoms with Crippen molar-refractivity contribution in [2.75, 3.05) is 5.73 Å². The van der Waals surface area contributed by atoms with Crippen molar-refractivity contribution in [1.82, 2.24) is 0 Å². The van der Waals surface area contributed by atoms with E-state index in [4.69, 9.17) is 10.5 Å². The molecule has 2 rings (SSSR count).